The van der Waals surface area contributed by atoms with Crippen LogP contribution in [0.2, 0.25) is 0 Å². The normalized spacial score (nSPS) is 14.5. The topological polar surface area (TPSA) is 37.3 Å². The van der Waals surface area contributed by atoms with Crippen LogP contribution in [0.4, 0.5) is 0 Å². The van der Waals surface area contributed by atoms with Crippen molar-refractivity contribution in [2.45, 2.75) is 39.2 Å². The molecule has 0 spiro atoms. The van der Waals surface area contributed by atoms with Crippen molar-refractivity contribution in [3.05, 3.63) is 11.1 Å². The largest absolute Gasteiger partial charge is 0.393 e. The number of allylic oxidation sites excluding steroid dienone is 1. The number of rotatable bonds is 5. The van der Waals surface area contributed by atoms with E-state index in [4.69, 9.17) is 16.7 Å². The van der Waals surface area contributed by atoms with Crippen LogP contribution in [0.5, 0.6) is 0 Å². The second-order valence-corrected chi connectivity index (χ2v) is 3.43. The van der Waals surface area contributed by atoms with Gasteiger partial charge in [0.05, 0.1) is 6.10 Å². The van der Waals surface area contributed by atoms with Crippen molar-refractivity contribution < 1.29 is 9.90 Å². The minimum Gasteiger partial charge on any atom is -0.393 e. The maximum absolute atomic E-state index is 10.5. The molecule has 2 nitrogen and oxygen atoms in total. The Morgan fingerprint density at radius 1 is 1.67 bits per heavy atom. The van der Waals surface area contributed by atoms with Gasteiger partial charge in [0.25, 0.3) is 0 Å². The van der Waals surface area contributed by atoms with Gasteiger partial charge in [-0.05, 0) is 20.3 Å². The minimum atomic E-state index is -0.411. The van der Waals surface area contributed by atoms with Crippen molar-refractivity contribution in [1.82, 2.24) is 0 Å². The van der Waals surface area contributed by atoms with Gasteiger partial charge in [-0.25, -0.2) is 0 Å². The molecule has 0 aliphatic carbocycles. The predicted octanol–water partition coefficient (Wildman–Crippen LogP) is 2.25. The fourth-order valence-electron chi connectivity index (χ4n) is 0.798. The van der Waals surface area contributed by atoms with Gasteiger partial charge in [-0.3, -0.25) is 0 Å². The van der Waals surface area contributed by atoms with Gasteiger partial charge in [0.2, 0.25) is 0 Å². The fourth-order valence-corrected chi connectivity index (χ4v) is 1.13. The Hall–Kier alpha value is -0.340. The molecule has 0 saturated carbocycles. The van der Waals surface area contributed by atoms with E-state index in [1.54, 1.807) is 19.9 Å². The van der Waals surface area contributed by atoms with Gasteiger partial charge in [0, 0.05) is 17.9 Å². The molecule has 0 saturated heterocycles. The van der Waals surface area contributed by atoms with E-state index >= 15 is 0 Å². The lowest BCUT2D eigenvalue weighted by Crippen LogP contribution is -1.98. The molecular weight excluding hydrogens is 176 g/mol. The summed E-state index contributed by atoms with van der Waals surface area (Å²) in [4.78, 5) is 10.5. The summed E-state index contributed by atoms with van der Waals surface area (Å²) in [6, 6.07) is 0. The SMILES string of the molecule is CC(=O)CC/C=C(/Cl)CC(C)O. The number of carbonyl (C=O) groups excluding carboxylic acids is 1. The van der Waals surface area contributed by atoms with Gasteiger partial charge in [0.15, 0.2) is 0 Å². The number of Topliss-reactive ketones (excluding diaryl/α,β-unsaturated/α-hetero) is 1. The summed E-state index contributed by atoms with van der Waals surface area (Å²) in [5, 5.41) is 9.57. The first-order valence-corrected chi connectivity index (χ1v) is 4.42. The highest BCUT2D eigenvalue weighted by atomic mass is 35.5. The van der Waals surface area contributed by atoms with E-state index < -0.39 is 6.10 Å². The average molecular weight is 191 g/mol. The molecule has 1 atom stereocenters. The summed E-state index contributed by atoms with van der Waals surface area (Å²) in [6.07, 6.45) is 3.04. The Morgan fingerprint density at radius 3 is 2.67 bits per heavy atom. The number of ketones is 1. The molecule has 0 aromatic carbocycles. The van der Waals surface area contributed by atoms with Crippen LogP contribution in [0.25, 0.3) is 0 Å². The third-order valence-corrected chi connectivity index (χ3v) is 1.66. The van der Waals surface area contributed by atoms with Crippen molar-refractivity contribution >= 4 is 17.4 Å². The van der Waals surface area contributed by atoms with E-state index in [1.165, 1.54) is 0 Å². The van der Waals surface area contributed by atoms with Gasteiger partial charge in [0.1, 0.15) is 5.78 Å². The monoisotopic (exact) mass is 190 g/mol. The molecule has 0 aliphatic rings. The number of aliphatic hydroxyl groups excluding tert-OH is 1. The fraction of sp³-hybridized carbons (Fsp3) is 0.667. The van der Waals surface area contributed by atoms with Crippen LogP contribution in [0.1, 0.15) is 33.1 Å². The van der Waals surface area contributed by atoms with Crippen LogP contribution < -0.4 is 0 Å². The van der Waals surface area contributed by atoms with Crippen molar-refractivity contribution in [3.8, 4) is 0 Å². The second kappa shape index (κ2) is 6.21. The Kier molecular flexibility index (Phi) is 6.03. The van der Waals surface area contributed by atoms with Crippen molar-refractivity contribution in [2.24, 2.45) is 0 Å². The molecule has 0 fully saturated rings. The van der Waals surface area contributed by atoms with Crippen molar-refractivity contribution in [3.63, 3.8) is 0 Å². The van der Waals surface area contributed by atoms with Gasteiger partial charge in [-0.15, -0.1) is 0 Å². The molecule has 0 aromatic rings. The molecule has 0 heterocycles. The molecule has 0 rings (SSSR count). The number of halogens is 1. The summed E-state index contributed by atoms with van der Waals surface area (Å²) in [5.41, 5.74) is 0. The molecule has 0 bridgehead atoms. The molecule has 1 N–H and O–H groups in total. The van der Waals surface area contributed by atoms with Crippen LogP contribution in [0.15, 0.2) is 11.1 Å². The maximum atomic E-state index is 10.5. The van der Waals surface area contributed by atoms with E-state index in [0.29, 0.717) is 24.3 Å². The second-order valence-electron chi connectivity index (χ2n) is 2.94. The van der Waals surface area contributed by atoms with E-state index in [-0.39, 0.29) is 5.78 Å². The lowest BCUT2D eigenvalue weighted by atomic mass is 10.2. The zero-order valence-electron chi connectivity index (χ0n) is 7.51. The first-order chi connectivity index (χ1) is 5.52. The number of hydrogen-bond donors (Lipinski definition) is 1. The van der Waals surface area contributed by atoms with Gasteiger partial charge >= 0.3 is 0 Å². The smallest absolute Gasteiger partial charge is 0.130 e. The zero-order chi connectivity index (χ0) is 9.56. The highest BCUT2D eigenvalue weighted by molar-refractivity contribution is 6.29. The molecule has 0 aliphatic heterocycles. The minimum absolute atomic E-state index is 0.160. The van der Waals surface area contributed by atoms with Gasteiger partial charge < -0.3 is 9.90 Å². The van der Waals surface area contributed by atoms with Crippen LogP contribution in [-0.4, -0.2) is 17.0 Å². The Bertz CT molecular complexity index is 173. The predicted molar refractivity (Wildman–Crippen MR) is 50.1 cm³/mol. The lowest BCUT2D eigenvalue weighted by Gasteiger charge is -2.01. The standard InChI is InChI=1S/C9H15ClO2/c1-7(11)4-3-5-9(10)6-8(2)12/h5,8,12H,3-4,6H2,1-2H3/b9-5+. The number of aliphatic hydroxyl groups is 1. The first-order valence-electron chi connectivity index (χ1n) is 4.04. The molecular formula is C9H15ClO2. The van der Waals surface area contributed by atoms with Gasteiger partial charge in [-0.1, -0.05) is 17.7 Å². The summed E-state index contributed by atoms with van der Waals surface area (Å²) >= 11 is 5.75. The van der Waals surface area contributed by atoms with E-state index in [2.05, 4.69) is 0 Å². The molecule has 0 amide bonds. The number of carbonyl (C=O) groups is 1. The van der Waals surface area contributed by atoms with E-state index in [1.807, 2.05) is 0 Å². The Labute approximate surface area is 78.2 Å². The average Bonchev–Trinajstić information content (AvgIpc) is 1.84. The third kappa shape index (κ3) is 7.76. The molecule has 70 valence electrons. The van der Waals surface area contributed by atoms with Crippen LogP contribution in [-0.2, 0) is 4.79 Å². The van der Waals surface area contributed by atoms with Crippen molar-refractivity contribution in [2.75, 3.05) is 0 Å². The third-order valence-electron chi connectivity index (χ3n) is 1.35. The summed E-state index contributed by atoms with van der Waals surface area (Å²) in [5.74, 6) is 0.160. The van der Waals surface area contributed by atoms with E-state index in [0.717, 1.165) is 0 Å². The van der Waals surface area contributed by atoms with Gasteiger partial charge in [-0.2, -0.15) is 0 Å². The lowest BCUT2D eigenvalue weighted by molar-refractivity contribution is -0.116. The maximum Gasteiger partial charge on any atom is 0.130 e. The molecule has 3 heteroatoms. The molecule has 1 unspecified atom stereocenters. The summed E-state index contributed by atoms with van der Waals surface area (Å²) in [6.45, 7) is 3.23. The highest BCUT2D eigenvalue weighted by Gasteiger charge is 1.98. The quantitative estimate of drug-likeness (QED) is 0.722. The molecule has 0 radical (unpaired) electrons. The van der Waals surface area contributed by atoms with Crippen molar-refractivity contribution in [1.29, 1.82) is 0 Å². The van der Waals surface area contributed by atoms with Crippen LogP contribution in [0, 0.1) is 0 Å². The summed E-state index contributed by atoms with van der Waals surface area (Å²) < 4.78 is 0. The Balaban J connectivity index is 3.62. The number of hydrogen-bond acceptors (Lipinski definition) is 2. The van der Waals surface area contributed by atoms with Crippen LogP contribution >= 0.6 is 11.6 Å². The first kappa shape index (κ1) is 11.7. The van der Waals surface area contributed by atoms with E-state index in [9.17, 15) is 4.79 Å². The molecule has 0 aromatic heterocycles. The van der Waals surface area contributed by atoms with Crippen LogP contribution in [0.3, 0.4) is 0 Å². The molecule has 12 heavy (non-hydrogen) atoms. The zero-order valence-corrected chi connectivity index (χ0v) is 8.27. The summed E-state index contributed by atoms with van der Waals surface area (Å²) in [7, 11) is 0. The highest BCUT2D eigenvalue weighted by Crippen LogP contribution is 2.11. The Morgan fingerprint density at radius 2 is 2.25 bits per heavy atom.